The van der Waals surface area contributed by atoms with Gasteiger partial charge in [-0.15, -0.1) is 0 Å². The Hall–Kier alpha value is -1.07. The van der Waals surface area contributed by atoms with Crippen LogP contribution in [0.25, 0.3) is 0 Å². The fourth-order valence-corrected chi connectivity index (χ4v) is 1.65. The van der Waals surface area contributed by atoms with Crippen molar-refractivity contribution in [2.45, 2.75) is 18.4 Å². The van der Waals surface area contributed by atoms with Gasteiger partial charge in [0.15, 0.2) is 4.90 Å². The van der Waals surface area contributed by atoms with E-state index < -0.39 is 23.0 Å². The number of hydrogen-bond acceptors (Lipinski definition) is 3. The van der Waals surface area contributed by atoms with Gasteiger partial charge in [-0.05, 0) is 28.9 Å². The number of ether oxygens (including phenoxy) is 1. The molecule has 0 aliphatic carbocycles. The van der Waals surface area contributed by atoms with Crippen molar-refractivity contribution in [3.63, 3.8) is 0 Å². The Bertz CT molecular complexity index is 366. The maximum atomic E-state index is 13.0. The molecule has 3 nitrogen and oxygen atoms in total. The molecule has 0 amide bonds. The predicted octanol–water partition coefficient (Wildman–Crippen LogP) is 1.63. The second kappa shape index (κ2) is 5.14. The average Bonchev–Trinajstić information content (AvgIpc) is 2.13. The van der Waals surface area contributed by atoms with E-state index in [0.717, 1.165) is 0 Å². The summed E-state index contributed by atoms with van der Waals surface area (Å²) in [5.74, 6) is -0.914. The topological polar surface area (TPSA) is 49.4 Å². The Morgan fingerprint density at radius 1 is 1.53 bits per heavy atom. The molecule has 15 heavy (non-hydrogen) atoms. The van der Waals surface area contributed by atoms with Crippen LogP contribution in [0.5, 0.6) is 0 Å². The van der Waals surface area contributed by atoms with Crippen molar-refractivity contribution in [2.75, 3.05) is 6.26 Å². The highest BCUT2D eigenvalue weighted by Gasteiger charge is 2.09. The fraction of sp³-hybridized carbons (Fsp3) is 0.300. The van der Waals surface area contributed by atoms with Crippen molar-refractivity contribution >= 4 is 17.1 Å². The highest BCUT2D eigenvalue weighted by molar-refractivity contribution is 7.90. The van der Waals surface area contributed by atoms with E-state index in [2.05, 4.69) is 0 Å². The summed E-state index contributed by atoms with van der Waals surface area (Å²) in [6.07, 6.45) is 1.46. The van der Waals surface area contributed by atoms with Crippen molar-refractivity contribution in [1.29, 1.82) is 0 Å². The first-order chi connectivity index (χ1) is 6.99. The Labute approximate surface area is 90.4 Å². The third-order valence-corrected chi connectivity index (χ3v) is 2.60. The van der Waals surface area contributed by atoms with Gasteiger partial charge in [-0.2, -0.15) is 0 Å². The molecule has 0 N–H and O–H groups in total. The Kier molecular flexibility index (Phi) is 4.11. The molecule has 0 aliphatic rings. The lowest BCUT2D eigenvalue weighted by Gasteiger charge is -2.07. The van der Waals surface area contributed by atoms with E-state index >= 15 is 0 Å². The first-order valence-corrected chi connectivity index (χ1v) is 5.81. The van der Waals surface area contributed by atoms with Gasteiger partial charge in [0, 0.05) is 13.0 Å². The predicted molar refractivity (Wildman–Crippen MR) is 54.2 cm³/mol. The zero-order valence-electron chi connectivity index (χ0n) is 8.45. The van der Waals surface area contributed by atoms with Gasteiger partial charge < -0.3 is 9.29 Å². The van der Waals surface area contributed by atoms with Crippen LogP contribution in [-0.2, 0) is 27.3 Å². The molecular weight excluding hydrogens is 219 g/mol. The Balaban J connectivity index is 2.84. The maximum Gasteiger partial charge on any atom is 0.302 e. The van der Waals surface area contributed by atoms with E-state index in [9.17, 15) is 13.7 Å². The van der Waals surface area contributed by atoms with Crippen molar-refractivity contribution in [2.24, 2.45) is 0 Å². The van der Waals surface area contributed by atoms with Crippen LogP contribution in [0, 0.1) is 5.82 Å². The minimum absolute atomic E-state index is 0.00269. The zero-order chi connectivity index (χ0) is 11.4. The molecule has 0 fully saturated rings. The minimum Gasteiger partial charge on any atom is -0.612 e. The van der Waals surface area contributed by atoms with Crippen LogP contribution >= 0.6 is 0 Å². The number of benzene rings is 1. The summed E-state index contributed by atoms with van der Waals surface area (Å²) >= 11 is -1.24. The second-order valence-electron chi connectivity index (χ2n) is 3.03. The molecule has 1 aromatic rings. The normalized spacial score (nSPS) is 12.3. The highest BCUT2D eigenvalue weighted by Crippen LogP contribution is 2.15. The van der Waals surface area contributed by atoms with Crippen molar-refractivity contribution < 1.29 is 18.5 Å². The molecule has 1 rings (SSSR count). The molecule has 0 spiro atoms. The van der Waals surface area contributed by atoms with Gasteiger partial charge in [0.1, 0.15) is 18.7 Å². The van der Waals surface area contributed by atoms with Crippen molar-refractivity contribution in [3.05, 3.63) is 29.6 Å². The molecule has 0 saturated heterocycles. The second-order valence-corrected chi connectivity index (χ2v) is 4.41. The number of carbonyl (C=O) groups excluding carboxylic acids is 1. The molecule has 1 unspecified atom stereocenters. The van der Waals surface area contributed by atoms with E-state index in [1.54, 1.807) is 6.07 Å². The molecule has 82 valence electrons. The zero-order valence-corrected chi connectivity index (χ0v) is 9.27. The standard InChI is InChI=1S/C10H11FO3S/c1-7(12)14-6-8-3-9(11)5-10(4-8)15(2)13/h3-5H,6H2,1-2H3. The van der Waals surface area contributed by atoms with E-state index in [0.29, 0.717) is 10.5 Å². The molecule has 1 atom stereocenters. The van der Waals surface area contributed by atoms with Crippen LogP contribution < -0.4 is 0 Å². The molecule has 0 aliphatic heterocycles. The number of esters is 1. The molecule has 0 bridgehead atoms. The van der Waals surface area contributed by atoms with Crippen LogP contribution in [0.3, 0.4) is 0 Å². The lowest BCUT2D eigenvalue weighted by molar-refractivity contribution is -0.142. The number of hydrogen-bond donors (Lipinski definition) is 0. The van der Waals surface area contributed by atoms with Crippen LogP contribution in [0.15, 0.2) is 23.1 Å². The van der Waals surface area contributed by atoms with Crippen LogP contribution in [-0.4, -0.2) is 16.8 Å². The van der Waals surface area contributed by atoms with E-state index in [4.69, 9.17) is 4.74 Å². The molecule has 0 heterocycles. The Morgan fingerprint density at radius 3 is 2.73 bits per heavy atom. The fourth-order valence-electron chi connectivity index (χ4n) is 1.06. The minimum atomic E-state index is -1.24. The first kappa shape index (κ1) is 12.0. The summed E-state index contributed by atoms with van der Waals surface area (Å²) in [5, 5.41) is 0. The summed E-state index contributed by atoms with van der Waals surface area (Å²) in [7, 11) is 0. The highest BCUT2D eigenvalue weighted by atomic mass is 32.2. The smallest absolute Gasteiger partial charge is 0.302 e. The third-order valence-electron chi connectivity index (χ3n) is 1.71. The largest absolute Gasteiger partial charge is 0.612 e. The quantitative estimate of drug-likeness (QED) is 0.585. The van der Waals surface area contributed by atoms with Gasteiger partial charge in [-0.3, -0.25) is 4.79 Å². The van der Waals surface area contributed by atoms with Crippen LogP contribution in [0.4, 0.5) is 4.39 Å². The number of rotatable bonds is 3. The molecule has 0 saturated carbocycles. The molecule has 5 heteroatoms. The number of halogens is 1. The van der Waals surface area contributed by atoms with Gasteiger partial charge in [-0.1, -0.05) is 0 Å². The van der Waals surface area contributed by atoms with Gasteiger partial charge in [0.2, 0.25) is 0 Å². The van der Waals surface area contributed by atoms with Gasteiger partial charge >= 0.3 is 5.97 Å². The molecule has 0 radical (unpaired) electrons. The van der Waals surface area contributed by atoms with E-state index in [-0.39, 0.29) is 6.61 Å². The lowest BCUT2D eigenvalue weighted by Crippen LogP contribution is -2.03. The van der Waals surface area contributed by atoms with Gasteiger partial charge in [0.25, 0.3) is 0 Å². The first-order valence-electron chi connectivity index (χ1n) is 4.25. The van der Waals surface area contributed by atoms with E-state index in [1.165, 1.54) is 25.3 Å². The summed E-state index contributed by atoms with van der Waals surface area (Å²) < 4.78 is 28.9. The molecular formula is C10H11FO3S. The number of carbonyl (C=O) groups is 1. The average molecular weight is 230 g/mol. The van der Waals surface area contributed by atoms with Crippen LogP contribution in [0.1, 0.15) is 12.5 Å². The SMILES string of the molecule is CC(=O)OCc1cc(F)cc([S+](C)[O-])c1. The van der Waals surface area contributed by atoms with Gasteiger partial charge in [-0.25, -0.2) is 4.39 Å². The lowest BCUT2D eigenvalue weighted by atomic mass is 10.2. The third kappa shape index (κ3) is 3.89. The van der Waals surface area contributed by atoms with Gasteiger partial charge in [0.05, 0.1) is 0 Å². The summed E-state index contributed by atoms with van der Waals surface area (Å²) in [4.78, 5) is 10.9. The molecule has 0 aromatic heterocycles. The van der Waals surface area contributed by atoms with Crippen molar-refractivity contribution in [3.8, 4) is 0 Å². The maximum absolute atomic E-state index is 13.0. The Morgan fingerprint density at radius 2 is 2.20 bits per heavy atom. The van der Waals surface area contributed by atoms with Crippen molar-refractivity contribution in [1.82, 2.24) is 0 Å². The van der Waals surface area contributed by atoms with Crippen LogP contribution in [0.2, 0.25) is 0 Å². The summed E-state index contributed by atoms with van der Waals surface area (Å²) in [5.41, 5.74) is 0.496. The van der Waals surface area contributed by atoms with E-state index in [1.807, 2.05) is 0 Å². The summed E-state index contributed by atoms with van der Waals surface area (Å²) in [6, 6.07) is 4.01. The monoisotopic (exact) mass is 230 g/mol. The summed E-state index contributed by atoms with van der Waals surface area (Å²) in [6.45, 7) is 1.27. The molecule has 1 aromatic carbocycles.